The van der Waals surface area contributed by atoms with Gasteiger partial charge in [-0.3, -0.25) is 4.79 Å². The second kappa shape index (κ2) is 4.09. The molecule has 76 valence electrons. The molecule has 0 saturated carbocycles. The predicted molar refractivity (Wildman–Crippen MR) is 51.6 cm³/mol. The Morgan fingerprint density at radius 1 is 1.54 bits per heavy atom. The lowest BCUT2D eigenvalue weighted by molar-refractivity contribution is -0.151. The molecule has 0 amide bonds. The van der Waals surface area contributed by atoms with Crippen LogP contribution in [0.3, 0.4) is 0 Å². The van der Waals surface area contributed by atoms with Crippen molar-refractivity contribution in [2.45, 2.75) is 33.1 Å². The molecule has 1 saturated heterocycles. The third-order valence-electron chi connectivity index (χ3n) is 3.38. The number of carboxylic acid groups (broad SMARTS) is 1. The minimum absolute atomic E-state index is 0.319. The summed E-state index contributed by atoms with van der Waals surface area (Å²) in [6.45, 7) is 5.66. The van der Waals surface area contributed by atoms with E-state index < -0.39 is 11.4 Å². The molecule has 3 nitrogen and oxygen atoms in total. The van der Waals surface area contributed by atoms with E-state index in [0.717, 1.165) is 25.8 Å². The fourth-order valence-electron chi connectivity index (χ4n) is 2.49. The molecular weight excluding hydrogens is 166 g/mol. The largest absolute Gasteiger partial charge is 0.481 e. The number of hydrogen-bond donors (Lipinski definition) is 2. The van der Waals surface area contributed by atoms with Crippen LogP contribution in [-0.2, 0) is 4.79 Å². The van der Waals surface area contributed by atoms with E-state index in [9.17, 15) is 9.90 Å². The number of hydrogen-bond acceptors (Lipinski definition) is 2. The SMILES string of the molecule is CCC(CC)C1(C(=O)O)CCNC1. The van der Waals surface area contributed by atoms with Crippen molar-refractivity contribution in [3.63, 3.8) is 0 Å². The standard InChI is InChI=1S/C10H19NO2/c1-3-8(4-2)10(9(12)13)5-6-11-7-10/h8,11H,3-7H2,1-2H3,(H,12,13). The Balaban J connectivity index is 2.82. The summed E-state index contributed by atoms with van der Waals surface area (Å²) in [6, 6.07) is 0. The van der Waals surface area contributed by atoms with Crippen LogP contribution >= 0.6 is 0 Å². The van der Waals surface area contributed by atoms with Crippen molar-refractivity contribution >= 4 is 5.97 Å². The van der Waals surface area contributed by atoms with Gasteiger partial charge in [-0.1, -0.05) is 26.7 Å². The summed E-state index contributed by atoms with van der Waals surface area (Å²) in [7, 11) is 0. The molecule has 0 aromatic carbocycles. The van der Waals surface area contributed by atoms with E-state index in [1.54, 1.807) is 0 Å². The molecule has 1 heterocycles. The number of nitrogens with one attached hydrogen (secondary N) is 1. The van der Waals surface area contributed by atoms with Gasteiger partial charge in [0.1, 0.15) is 0 Å². The van der Waals surface area contributed by atoms with Gasteiger partial charge in [0.25, 0.3) is 0 Å². The molecule has 1 aliphatic rings. The van der Waals surface area contributed by atoms with Crippen molar-refractivity contribution in [1.29, 1.82) is 0 Å². The lowest BCUT2D eigenvalue weighted by atomic mass is 9.72. The predicted octanol–water partition coefficient (Wildman–Crippen LogP) is 1.49. The van der Waals surface area contributed by atoms with E-state index >= 15 is 0 Å². The van der Waals surface area contributed by atoms with Crippen LogP contribution < -0.4 is 5.32 Å². The molecular formula is C10H19NO2. The second-order valence-corrected chi connectivity index (χ2v) is 3.90. The Morgan fingerprint density at radius 2 is 2.15 bits per heavy atom. The van der Waals surface area contributed by atoms with Crippen molar-refractivity contribution in [1.82, 2.24) is 5.32 Å². The minimum Gasteiger partial charge on any atom is -0.481 e. The maximum atomic E-state index is 11.2. The van der Waals surface area contributed by atoms with Crippen LogP contribution in [-0.4, -0.2) is 24.2 Å². The lowest BCUT2D eigenvalue weighted by Gasteiger charge is -2.31. The van der Waals surface area contributed by atoms with Crippen molar-refractivity contribution in [2.24, 2.45) is 11.3 Å². The molecule has 3 heteroatoms. The zero-order chi connectivity index (χ0) is 9.90. The van der Waals surface area contributed by atoms with Crippen molar-refractivity contribution < 1.29 is 9.90 Å². The first-order chi connectivity index (χ1) is 6.17. The van der Waals surface area contributed by atoms with Crippen LogP contribution in [0, 0.1) is 11.3 Å². The van der Waals surface area contributed by atoms with Crippen LogP contribution in [0.15, 0.2) is 0 Å². The zero-order valence-electron chi connectivity index (χ0n) is 8.47. The normalized spacial score (nSPS) is 28.2. The van der Waals surface area contributed by atoms with Crippen LogP contribution in [0.5, 0.6) is 0 Å². The van der Waals surface area contributed by atoms with Gasteiger partial charge in [-0.2, -0.15) is 0 Å². The van der Waals surface area contributed by atoms with Gasteiger partial charge in [0, 0.05) is 6.54 Å². The topological polar surface area (TPSA) is 49.3 Å². The van der Waals surface area contributed by atoms with Gasteiger partial charge < -0.3 is 10.4 Å². The fourth-order valence-corrected chi connectivity index (χ4v) is 2.49. The van der Waals surface area contributed by atoms with Gasteiger partial charge in [-0.15, -0.1) is 0 Å². The number of aliphatic carboxylic acids is 1. The molecule has 1 unspecified atom stereocenters. The highest BCUT2D eigenvalue weighted by atomic mass is 16.4. The first-order valence-electron chi connectivity index (χ1n) is 5.11. The molecule has 0 radical (unpaired) electrons. The molecule has 0 aromatic rings. The van der Waals surface area contributed by atoms with Crippen LogP contribution in [0.4, 0.5) is 0 Å². The molecule has 0 aliphatic carbocycles. The molecule has 13 heavy (non-hydrogen) atoms. The Kier molecular flexibility index (Phi) is 3.31. The summed E-state index contributed by atoms with van der Waals surface area (Å²) in [5, 5.41) is 12.4. The maximum Gasteiger partial charge on any atom is 0.311 e. The molecule has 1 fully saturated rings. The summed E-state index contributed by atoms with van der Waals surface area (Å²) in [4.78, 5) is 11.2. The van der Waals surface area contributed by atoms with E-state index in [-0.39, 0.29) is 0 Å². The second-order valence-electron chi connectivity index (χ2n) is 3.90. The van der Waals surface area contributed by atoms with Crippen LogP contribution in [0.1, 0.15) is 33.1 Å². The summed E-state index contributed by atoms with van der Waals surface area (Å²) < 4.78 is 0. The first kappa shape index (κ1) is 10.5. The molecule has 1 aliphatic heterocycles. The molecule has 1 rings (SSSR count). The quantitative estimate of drug-likeness (QED) is 0.697. The highest BCUT2D eigenvalue weighted by Crippen LogP contribution is 2.38. The number of rotatable bonds is 4. The highest BCUT2D eigenvalue weighted by molar-refractivity contribution is 5.75. The van der Waals surface area contributed by atoms with E-state index in [1.165, 1.54) is 0 Å². The van der Waals surface area contributed by atoms with Gasteiger partial charge in [0.2, 0.25) is 0 Å². The number of carbonyl (C=O) groups is 1. The van der Waals surface area contributed by atoms with Crippen LogP contribution in [0.2, 0.25) is 0 Å². The Bertz CT molecular complexity index is 181. The van der Waals surface area contributed by atoms with E-state index in [1.807, 2.05) is 0 Å². The maximum absolute atomic E-state index is 11.2. The monoisotopic (exact) mass is 185 g/mol. The number of carboxylic acids is 1. The molecule has 2 N–H and O–H groups in total. The highest BCUT2D eigenvalue weighted by Gasteiger charge is 2.46. The van der Waals surface area contributed by atoms with E-state index in [4.69, 9.17) is 0 Å². The molecule has 0 aromatic heterocycles. The fraction of sp³-hybridized carbons (Fsp3) is 0.900. The van der Waals surface area contributed by atoms with Gasteiger partial charge in [-0.25, -0.2) is 0 Å². The Hall–Kier alpha value is -0.570. The zero-order valence-corrected chi connectivity index (χ0v) is 8.47. The van der Waals surface area contributed by atoms with E-state index in [2.05, 4.69) is 19.2 Å². The molecule has 1 atom stereocenters. The van der Waals surface area contributed by atoms with Gasteiger partial charge in [-0.05, 0) is 18.9 Å². The van der Waals surface area contributed by atoms with Crippen molar-refractivity contribution in [3.8, 4) is 0 Å². The lowest BCUT2D eigenvalue weighted by Crippen LogP contribution is -2.40. The average Bonchev–Trinajstić information content (AvgIpc) is 2.56. The van der Waals surface area contributed by atoms with E-state index in [0.29, 0.717) is 12.5 Å². The molecule has 0 bridgehead atoms. The summed E-state index contributed by atoms with van der Waals surface area (Å²) in [6.07, 6.45) is 2.71. The van der Waals surface area contributed by atoms with Crippen LogP contribution in [0.25, 0.3) is 0 Å². The minimum atomic E-state index is -0.619. The summed E-state index contributed by atoms with van der Waals surface area (Å²) in [5.41, 5.74) is -0.483. The average molecular weight is 185 g/mol. The summed E-state index contributed by atoms with van der Waals surface area (Å²) in [5.74, 6) is -0.300. The van der Waals surface area contributed by atoms with Gasteiger partial charge in [0.15, 0.2) is 0 Å². The van der Waals surface area contributed by atoms with Crippen molar-refractivity contribution in [3.05, 3.63) is 0 Å². The molecule has 0 spiro atoms. The Morgan fingerprint density at radius 3 is 2.46 bits per heavy atom. The third kappa shape index (κ3) is 1.70. The van der Waals surface area contributed by atoms with Gasteiger partial charge in [0.05, 0.1) is 5.41 Å². The van der Waals surface area contributed by atoms with Crippen molar-refractivity contribution in [2.75, 3.05) is 13.1 Å². The first-order valence-corrected chi connectivity index (χ1v) is 5.11. The smallest absolute Gasteiger partial charge is 0.311 e. The van der Waals surface area contributed by atoms with Gasteiger partial charge >= 0.3 is 5.97 Å². The third-order valence-corrected chi connectivity index (χ3v) is 3.38. The summed E-state index contributed by atoms with van der Waals surface area (Å²) >= 11 is 0. The Labute approximate surface area is 79.5 Å².